The van der Waals surface area contributed by atoms with Crippen LogP contribution in [0.1, 0.15) is 17.5 Å². The molecule has 0 saturated carbocycles. The van der Waals surface area contributed by atoms with Gasteiger partial charge in [-0.05, 0) is 280 Å². The maximum atomic E-state index is 13.4. The molecule has 2 N–H and O–H groups in total. The van der Waals surface area contributed by atoms with Crippen molar-refractivity contribution in [2.75, 3.05) is 39.6 Å². The fourth-order valence-corrected chi connectivity index (χ4v) is 48.7. The number of aliphatic hydroxyl groups excluding tert-OH is 1. The number of aromatic hydroxyl groups is 1. The van der Waals surface area contributed by atoms with E-state index >= 15 is 0 Å². The van der Waals surface area contributed by atoms with Crippen molar-refractivity contribution >= 4 is 123 Å². The minimum Gasteiger partial charge on any atom is -0.744 e. The van der Waals surface area contributed by atoms with Crippen LogP contribution in [0.5, 0.6) is 34.5 Å². The van der Waals surface area contributed by atoms with Gasteiger partial charge in [0.2, 0.25) is 19.7 Å². The van der Waals surface area contributed by atoms with Gasteiger partial charge in [-0.15, -0.1) is 0 Å². The number of aliphatic hydroxyl groups is 1. The van der Waals surface area contributed by atoms with Gasteiger partial charge in [0.05, 0.1) is 73.3 Å². The van der Waals surface area contributed by atoms with Gasteiger partial charge in [0.15, 0.2) is 33.3 Å². The Labute approximate surface area is 828 Å². The van der Waals surface area contributed by atoms with Crippen molar-refractivity contribution in [3.8, 4) is 56.8 Å². The summed E-state index contributed by atoms with van der Waals surface area (Å²) in [4.78, 5) is -2.58. The molecule has 1 aliphatic rings. The molecular weight excluding hydrogens is 1870 g/mol. The fraction of sp³-hybridized carbons (Fsp3) is 0.377. The molecule has 29 nitrogen and oxygen atoms in total. The third-order valence-corrected chi connectivity index (χ3v) is 47.6. The van der Waals surface area contributed by atoms with Crippen molar-refractivity contribution in [2.24, 2.45) is 0 Å². The second-order valence-corrected chi connectivity index (χ2v) is 69.2. The Morgan fingerprint density at radius 1 is 0.439 bits per heavy atom. The van der Waals surface area contributed by atoms with Crippen LogP contribution in [0.3, 0.4) is 0 Å². The maximum Gasteiger partial charge on any atom is 1.00 e. The maximum absolute atomic E-state index is 13.4. The summed E-state index contributed by atoms with van der Waals surface area (Å²) in [7, 11) is -32.7. The average Bonchev–Trinajstić information content (AvgIpc) is 1.17. The van der Waals surface area contributed by atoms with E-state index in [4.69, 9.17) is 49.0 Å². The van der Waals surface area contributed by atoms with Crippen LogP contribution >= 0.6 is 24.1 Å². The second kappa shape index (κ2) is 50.4. The number of aryl methyl sites for hydroxylation is 2. The van der Waals surface area contributed by atoms with Gasteiger partial charge < -0.3 is 78.8 Å². The molecule has 46 heteroatoms. The van der Waals surface area contributed by atoms with Gasteiger partial charge in [-0.25, -0.2) is 33.7 Å². The number of sulfone groups is 2. The Kier molecular flexibility index (Phi) is 47.3. The second-order valence-electron chi connectivity index (χ2n) is 32.1. The van der Waals surface area contributed by atoms with E-state index in [2.05, 4.69) is 123 Å². The van der Waals surface area contributed by atoms with Crippen LogP contribution in [-0.2, 0) is 93.4 Å². The molecule has 1 saturated heterocycles. The Morgan fingerprint density at radius 2 is 0.789 bits per heavy atom. The Hall–Kier alpha value is -1.70. The molecule has 2 unspecified atom stereocenters. The summed E-state index contributed by atoms with van der Waals surface area (Å²) in [6, 6.07) is 42.5. The van der Waals surface area contributed by atoms with Crippen LogP contribution in [0.15, 0.2) is 209 Å². The van der Waals surface area contributed by atoms with Gasteiger partial charge >= 0.3 is 144 Å². The molecule has 0 aromatic heterocycles. The van der Waals surface area contributed by atoms with E-state index in [0.717, 1.165) is 97.0 Å². The third kappa shape index (κ3) is 39.9. The van der Waals surface area contributed by atoms with Gasteiger partial charge in [-0.1, -0.05) is 60.7 Å². The summed E-state index contributed by atoms with van der Waals surface area (Å²) in [5.41, 5.74) is 4.39. The summed E-state index contributed by atoms with van der Waals surface area (Å²) >= 11 is 1.01. The number of epoxide rings is 1. The SMILES string of the molecule is C[Si](C)(C)O[Si](C)(C)O[Si](C)(C)CCCOCC1CO1.Cc1ccc(S(=O)(=O)c2ccc(Oc3ccc(-c4ccc(O)cc4)cc3)c(S(=O)(=O)[O-])c2)cc1SOO[O-].Cc1ccc(S(=O)(=O)c2ccc(Oc3ccc(-c4ccc(OCC(O)COCC[Si](C)(C)O[Si](C)(C)O[Si](C)(C)O[Si](C)(C)C)cc4)cc3)c(S(=O)(=O)[O-])c2)cc1SOO[O-].[Na+].[Na+].[Na+].[Na+]. The molecule has 2 atom stereocenters. The predicted octanol–water partition coefficient (Wildman–Crippen LogP) is 3.38. The molecule has 1 heterocycles. The Balaban J connectivity index is 0.000000534. The van der Waals surface area contributed by atoms with E-state index in [1.54, 1.807) is 86.6 Å². The van der Waals surface area contributed by atoms with Crippen molar-refractivity contribution < 1.29 is 249 Å². The topological polar surface area (TPSA) is 411 Å². The molecule has 8 aromatic carbocycles. The molecule has 1 fully saturated rings. The fourth-order valence-electron chi connectivity index (χ4n) is 12.3. The summed E-state index contributed by atoms with van der Waals surface area (Å²) in [5, 5.41) is 47.0. The van der Waals surface area contributed by atoms with E-state index in [1.807, 2.05) is 12.1 Å². The van der Waals surface area contributed by atoms with Gasteiger partial charge in [-0.3, -0.25) is 10.1 Å². The first-order valence-electron chi connectivity index (χ1n) is 37.4. The normalized spacial score (nSPS) is 13.7. The monoisotopic (exact) mass is 1970 g/mol. The molecule has 0 amide bonds. The van der Waals surface area contributed by atoms with Gasteiger partial charge in [0.1, 0.15) is 73.5 Å². The average molecular weight is 1970 g/mol. The van der Waals surface area contributed by atoms with E-state index in [0.29, 0.717) is 53.7 Å². The first kappa shape index (κ1) is 115. The first-order valence-corrected chi connectivity index (χ1v) is 66.2. The zero-order chi connectivity index (χ0) is 88.4. The third-order valence-electron chi connectivity index (χ3n) is 16.8. The van der Waals surface area contributed by atoms with Crippen LogP contribution < -0.4 is 143 Å². The standard InChI is InChI=1S/C39H56O15S3Si4.C25H20O10S3.C13H32O4Si3.4Na/c1-29-11-20-35(25-38(29)55-51-50-41)56(42,43)36-21-22-37(39(26-36)57(44,45)46)49-34-18-14-31(15-19-34)30-12-16-33(17-13-30)48-28-32(40)27-47-23-24-59(5,6)53-61(9,10)54-60(7,8)52-58(2,3)4;1-16-2-11-21(14-24(16)36-35-34-27)37(28,29)22-12-13-23(25(15-22)38(30,31)32)33-20-9-5-18(6-10-20)17-3-7-19(26)8-4-17;1-18(2,3)16-20(6,7)17-19(4,5)10-8-9-14-11-13-12-15-13;;;;/h11-22,25-26,32,40-41H,23-24,27-28H2,1-10H3,(H,44,45,46);2-15,26-27H,1H3,(H,30,31,32);13H,8-12H2,1-7H3;;;;/q;;;4*+1/p-4. The minimum absolute atomic E-state index is 0. The molecule has 123 heavy (non-hydrogen) atoms. The van der Waals surface area contributed by atoms with Gasteiger partial charge in [0, 0.05) is 23.0 Å². The van der Waals surface area contributed by atoms with E-state index in [1.165, 1.54) is 48.5 Å². The smallest absolute Gasteiger partial charge is 0.744 e. The van der Waals surface area contributed by atoms with E-state index < -0.39 is 125 Å². The molecule has 9 rings (SSSR count). The zero-order valence-electron chi connectivity index (χ0n) is 73.6. The minimum atomic E-state index is -5.19. The predicted molar refractivity (Wildman–Crippen MR) is 460 cm³/mol. The number of ether oxygens (including phenoxy) is 6. The number of hydrogen-bond donors (Lipinski definition) is 2. The van der Waals surface area contributed by atoms with Crippen molar-refractivity contribution in [3.63, 3.8) is 0 Å². The van der Waals surface area contributed by atoms with Gasteiger partial charge in [-0.2, -0.15) is 8.67 Å². The van der Waals surface area contributed by atoms with Crippen LogP contribution in [-0.4, -0.2) is 164 Å². The van der Waals surface area contributed by atoms with E-state index in [-0.39, 0.29) is 180 Å². The summed E-state index contributed by atoms with van der Waals surface area (Å²) in [6.07, 6.45) is 0.597. The van der Waals surface area contributed by atoms with Crippen LogP contribution in [0.25, 0.3) is 22.3 Å². The van der Waals surface area contributed by atoms with Crippen molar-refractivity contribution in [3.05, 3.63) is 181 Å². The number of rotatable bonds is 42. The van der Waals surface area contributed by atoms with E-state index in [9.17, 15) is 63.5 Å². The van der Waals surface area contributed by atoms with Crippen LogP contribution in [0.4, 0.5) is 0 Å². The molecule has 1 aliphatic heterocycles. The first-order chi connectivity index (χ1) is 55.2. The number of phenols is 1. The quantitative estimate of drug-likeness (QED) is 0.0105. The van der Waals surface area contributed by atoms with Crippen molar-refractivity contribution in [2.45, 2.75) is 188 Å². The van der Waals surface area contributed by atoms with Crippen LogP contribution in [0, 0.1) is 13.8 Å². The molecule has 0 aliphatic carbocycles. The number of phenolic OH excluding ortho intramolecular Hbond substituents is 1. The summed E-state index contributed by atoms with van der Waals surface area (Å²) in [6.45, 7) is 41.0. The van der Waals surface area contributed by atoms with Crippen LogP contribution in [0.2, 0.25) is 117 Å². The summed E-state index contributed by atoms with van der Waals surface area (Å²) in [5.74, 6) is 0.342. The van der Waals surface area contributed by atoms with Crippen molar-refractivity contribution in [1.82, 2.24) is 0 Å². The zero-order valence-corrected chi connectivity index (χ0v) is 93.5. The molecule has 8 aromatic rings. The number of hydrogen-bond acceptors (Lipinski definition) is 31. The summed E-state index contributed by atoms with van der Waals surface area (Å²) < 4.78 is 201. The Bertz CT molecular complexity index is 5160. The molecule has 0 bridgehead atoms. The molecular formula is C77H104Na4O29S6Si7. The van der Waals surface area contributed by atoms with Crippen molar-refractivity contribution in [1.29, 1.82) is 0 Å². The molecule has 0 radical (unpaired) electrons. The molecule has 654 valence electrons. The van der Waals surface area contributed by atoms with Gasteiger partial charge in [0.25, 0.3) is 0 Å². The Morgan fingerprint density at radius 3 is 1.16 bits per heavy atom. The molecule has 0 spiro atoms. The number of benzene rings is 8. The largest absolute Gasteiger partial charge is 1.00 e.